The van der Waals surface area contributed by atoms with Crippen molar-refractivity contribution in [3.63, 3.8) is 0 Å². The summed E-state index contributed by atoms with van der Waals surface area (Å²) < 4.78 is 42.6. The SMILES string of the molecule is N#Cc1ccc(OC(=O)CC(NC(=O)C(F)(F)F)c2ccccc2)cc1. The van der Waals surface area contributed by atoms with Crippen molar-refractivity contribution in [2.45, 2.75) is 18.6 Å². The van der Waals surface area contributed by atoms with Crippen LogP contribution >= 0.6 is 0 Å². The van der Waals surface area contributed by atoms with E-state index in [1.54, 1.807) is 23.5 Å². The van der Waals surface area contributed by atoms with E-state index >= 15 is 0 Å². The molecule has 1 unspecified atom stereocenters. The summed E-state index contributed by atoms with van der Waals surface area (Å²) in [5, 5.41) is 10.5. The molecule has 0 saturated heterocycles. The van der Waals surface area contributed by atoms with Crippen molar-refractivity contribution in [1.82, 2.24) is 5.32 Å². The van der Waals surface area contributed by atoms with Crippen LogP contribution in [0.1, 0.15) is 23.6 Å². The summed E-state index contributed by atoms with van der Waals surface area (Å²) in [6, 6.07) is 14.2. The highest BCUT2D eigenvalue weighted by atomic mass is 19.4. The average Bonchev–Trinajstić information content (AvgIpc) is 2.61. The fourth-order valence-corrected chi connectivity index (χ4v) is 2.11. The highest BCUT2D eigenvalue weighted by Gasteiger charge is 2.40. The predicted molar refractivity (Wildman–Crippen MR) is 84.8 cm³/mol. The second kappa shape index (κ2) is 8.16. The van der Waals surface area contributed by atoms with E-state index in [1.165, 1.54) is 36.4 Å². The molecule has 1 atom stereocenters. The number of carbonyl (C=O) groups excluding carboxylic acids is 2. The summed E-state index contributed by atoms with van der Waals surface area (Å²) in [5.74, 6) is -2.83. The number of amides is 1. The molecule has 0 saturated carbocycles. The van der Waals surface area contributed by atoms with Crippen molar-refractivity contribution in [3.05, 3.63) is 65.7 Å². The van der Waals surface area contributed by atoms with Crippen molar-refractivity contribution in [2.24, 2.45) is 0 Å². The van der Waals surface area contributed by atoms with Gasteiger partial charge in [0.15, 0.2) is 0 Å². The van der Waals surface area contributed by atoms with Gasteiger partial charge in [-0.25, -0.2) is 0 Å². The second-order valence-corrected chi connectivity index (χ2v) is 5.25. The molecule has 1 amide bonds. The Balaban J connectivity index is 2.11. The van der Waals surface area contributed by atoms with E-state index in [9.17, 15) is 22.8 Å². The van der Waals surface area contributed by atoms with Crippen LogP contribution in [0.3, 0.4) is 0 Å². The Bertz CT molecular complexity index is 812. The number of esters is 1. The number of halogens is 3. The first-order valence-corrected chi connectivity index (χ1v) is 7.43. The maximum atomic E-state index is 12.5. The van der Waals surface area contributed by atoms with Gasteiger partial charge < -0.3 is 10.1 Å². The van der Waals surface area contributed by atoms with E-state index < -0.39 is 30.5 Å². The first kappa shape index (κ1) is 19.0. The van der Waals surface area contributed by atoms with Gasteiger partial charge in [0.25, 0.3) is 0 Å². The zero-order valence-corrected chi connectivity index (χ0v) is 13.3. The molecular formula is C18H13F3N2O3. The number of nitrogens with zero attached hydrogens (tertiary/aromatic N) is 1. The molecule has 2 aromatic carbocycles. The number of nitrogens with one attached hydrogen (secondary N) is 1. The maximum Gasteiger partial charge on any atom is 0.471 e. The molecular weight excluding hydrogens is 349 g/mol. The standard InChI is InChI=1S/C18H13F3N2O3/c19-18(20,21)17(25)23-15(13-4-2-1-3-5-13)10-16(24)26-14-8-6-12(11-22)7-9-14/h1-9,15H,10H2,(H,23,25). The van der Waals surface area contributed by atoms with Crippen molar-refractivity contribution < 1.29 is 27.5 Å². The summed E-state index contributed by atoms with van der Waals surface area (Å²) in [4.78, 5) is 23.3. The van der Waals surface area contributed by atoms with Gasteiger partial charge in [-0.05, 0) is 29.8 Å². The van der Waals surface area contributed by atoms with Gasteiger partial charge in [-0.2, -0.15) is 18.4 Å². The van der Waals surface area contributed by atoms with Crippen molar-refractivity contribution in [3.8, 4) is 11.8 Å². The van der Waals surface area contributed by atoms with E-state index in [1.807, 2.05) is 6.07 Å². The van der Waals surface area contributed by atoms with Crippen LogP contribution in [0.15, 0.2) is 54.6 Å². The Labute approximate surface area is 147 Å². The molecule has 0 bridgehead atoms. The Morgan fingerprint density at radius 3 is 2.23 bits per heavy atom. The molecule has 0 aromatic heterocycles. The Hall–Kier alpha value is -3.34. The molecule has 2 aromatic rings. The largest absolute Gasteiger partial charge is 0.471 e. The Morgan fingerprint density at radius 2 is 1.69 bits per heavy atom. The average molecular weight is 362 g/mol. The minimum absolute atomic E-state index is 0.142. The van der Waals surface area contributed by atoms with Gasteiger partial charge in [0.1, 0.15) is 5.75 Å². The van der Waals surface area contributed by atoms with Crippen LogP contribution in [-0.4, -0.2) is 18.1 Å². The van der Waals surface area contributed by atoms with Gasteiger partial charge in [-0.1, -0.05) is 30.3 Å². The Morgan fingerprint density at radius 1 is 1.08 bits per heavy atom. The van der Waals surface area contributed by atoms with Crippen molar-refractivity contribution >= 4 is 11.9 Å². The van der Waals surface area contributed by atoms with Crippen LogP contribution in [0.5, 0.6) is 5.75 Å². The third kappa shape index (κ3) is 5.34. The lowest BCUT2D eigenvalue weighted by Gasteiger charge is -2.19. The van der Waals surface area contributed by atoms with Crippen molar-refractivity contribution in [2.75, 3.05) is 0 Å². The van der Waals surface area contributed by atoms with Gasteiger partial charge >= 0.3 is 18.1 Å². The number of benzene rings is 2. The quantitative estimate of drug-likeness (QED) is 0.654. The first-order valence-electron chi connectivity index (χ1n) is 7.43. The predicted octanol–water partition coefficient (Wildman–Crippen LogP) is 3.27. The smallest absolute Gasteiger partial charge is 0.426 e. The number of hydrogen-bond acceptors (Lipinski definition) is 4. The summed E-state index contributed by atoms with van der Waals surface area (Å²) in [6.45, 7) is 0. The van der Waals surface area contributed by atoms with E-state index in [2.05, 4.69) is 0 Å². The van der Waals surface area contributed by atoms with Crippen LogP contribution in [0.2, 0.25) is 0 Å². The zero-order valence-electron chi connectivity index (χ0n) is 13.3. The van der Waals surface area contributed by atoms with Crippen molar-refractivity contribution in [1.29, 1.82) is 5.26 Å². The lowest BCUT2D eigenvalue weighted by atomic mass is 10.0. The number of nitriles is 1. The van der Waals surface area contributed by atoms with Gasteiger partial charge in [-0.15, -0.1) is 0 Å². The molecule has 134 valence electrons. The van der Waals surface area contributed by atoms with Gasteiger partial charge in [0.05, 0.1) is 24.1 Å². The van der Waals surface area contributed by atoms with Crippen LogP contribution in [0.25, 0.3) is 0 Å². The molecule has 0 spiro atoms. The first-order chi connectivity index (χ1) is 12.3. The number of ether oxygens (including phenoxy) is 1. The Kier molecular flexibility index (Phi) is 5.96. The van der Waals surface area contributed by atoms with Crippen LogP contribution in [0, 0.1) is 11.3 Å². The van der Waals surface area contributed by atoms with Crippen LogP contribution < -0.4 is 10.1 Å². The fourth-order valence-electron chi connectivity index (χ4n) is 2.11. The molecule has 0 aliphatic rings. The number of rotatable bonds is 5. The zero-order chi connectivity index (χ0) is 19.2. The summed E-state index contributed by atoms with van der Waals surface area (Å²) in [6.07, 6.45) is -5.56. The second-order valence-electron chi connectivity index (χ2n) is 5.25. The summed E-state index contributed by atoms with van der Waals surface area (Å²) in [5.41, 5.74) is 0.700. The number of alkyl halides is 3. The summed E-state index contributed by atoms with van der Waals surface area (Å²) in [7, 11) is 0. The molecule has 0 aliphatic carbocycles. The molecule has 2 rings (SSSR count). The third-order valence-corrected chi connectivity index (χ3v) is 3.35. The molecule has 0 heterocycles. The molecule has 0 aliphatic heterocycles. The van der Waals surface area contributed by atoms with Gasteiger partial charge in [-0.3, -0.25) is 9.59 Å². The molecule has 5 nitrogen and oxygen atoms in total. The number of carbonyl (C=O) groups is 2. The van der Waals surface area contributed by atoms with Crippen LogP contribution in [-0.2, 0) is 9.59 Å². The van der Waals surface area contributed by atoms with E-state index in [-0.39, 0.29) is 5.75 Å². The summed E-state index contributed by atoms with van der Waals surface area (Å²) >= 11 is 0. The highest BCUT2D eigenvalue weighted by Crippen LogP contribution is 2.22. The van der Waals surface area contributed by atoms with Gasteiger partial charge in [0.2, 0.25) is 0 Å². The van der Waals surface area contributed by atoms with E-state index in [0.717, 1.165) is 0 Å². The topological polar surface area (TPSA) is 79.2 Å². The molecule has 0 radical (unpaired) electrons. The van der Waals surface area contributed by atoms with E-state index in [0.29, 0.717) is 11.1 Å². The maximum absolute atomic E-state index is 12.5. The minimum Gasteiger partial charge on any atom is -0.426 e. The van der Waals surface area contributed by atoms with Gasteiger partial charge in [0, 0.05) is 0 Å². The number of hydrogen-bond donors (Lipinski definition) is 1. The molecule has 26 heavy (non-hydrogen) atoms. The fraction of sp³-hybridized carbons (Fsp3) is 0.167. The monoisotopic (exact) mass is 362 g/mol. The van der Waals surface area contributed by atoms with Crippen LogP contribution in [0.4, 0.5) is 13.2 Å². The molecule has 1 N–H and O–H groups in total. The highest BCUT2D eigenvalue weighted by molar-refractivity contribution is 5.83. The lowest BCUT2D eigenvalue weighted by molar-refractivity contribution is -0.174. The molecule has 0 fully saturated rings. The normalized spacial score (nSPS) is 11.9. The minimum atomic E-state index is -5.07. The molecule has 8 heteroatoms. The third-order valence-electron chi connectivity index (χ3n) is 3.35. The van der Waals surface area contributed by atoms with E-state index in [4.69, 9.17) is 10.00 Å². The lowest BCUT2D eigenvalue weighted by Crippen LogP contribution is -2.40.